The molecule has 0 unspecified atom stereocenters. The molecule has 0 bridgehead atoms. The molecule has 0 fully saturated rings. The number of benzene rings is 2. The van der Waals surface area contributed by atoms with Crippen molar-refractivity contribution in [1.82, 2.24) is 0 Å². The number of methoxy groups -OCH3 is 1. The van der Waals surface area contributed by atoms with Crippen LogP contribution in [0.15, 0.2) is 42.5 Å². The summed E-state index contributed by atoms with van der Waals surface area (Å²) in [7, 11) is 1.49. The third-order valence-electron chi connectivity index (χ3n) is 3.88. The molecule has 112 valence electrons. The summed E-state index contributed by atoms with van der Waals surface area (Å²) in [6.45, 7) is 0. The van der Waals surface area contributed by atoms with Crippen LogP contribution in [0.25, 0.3) is 5.57 Å². The van der Waals surface area contributed by atoms with Gasteiger partial charge in [0.05, 0.1) is 12.7 Å². The molecule has 0 heterocycles. The number of rotatable bonds is 3. The van der Waals surface area contributed by atoms with Gasteiger partial charge in [-0.15, -0.1) is 0 Å². The van der Waals surface area contributed by atoms with Crippen molar-refractivity contribution in [1.29, 1.82) is 0 Å². The molecule has 0 atom stereocenters. The number of halogens is 1. The third kappa shape index (κ3) is 2.48. The van der Waals surface area contributed by atoms with Crippen LogP contribution >= 0.6 is 0 Å². The average molecular weight is 298 g/mol. The van der Waals surface area contributed by atoms with Gasteiger partial charge in [-0.1, -0.05) is 12.1 Å². The SMILES string of the molecule is COc1ccc(C2=CCCc3ccc(C(=O)O)cc32)c(F)c1. The highest BCUT2D eigenvalue weighted by Crippen LogP contribution is 2.34. The highest BCUT2D eigenvalue weighted by molar-refractivity contribution is 5.91. The van der Waals surface area contributed by atoms with Gasteiger partial charge in [0, 0.05) is 11.6 Å². The monoisotopic (exact) mass is 298 g/mol. The van der Waals surface area contributed by atoms with Crippen molar-refractivity contribution in [3.8, 4) is 5.75 Å². The third-order valence-corrected chi connectivity index (χ3v) is 3.88. The van der Waals surface area contributed by atoms with Crippen molar-refractivity contribution in [2.75, 3.05) is 7.11 Å². The molecule has 1 aliphatic carbocycles. The second kappa shape index (κ2) is 5.64. The van der Waals surface area contributed by atoms with Crippen molar-refractivity contribution < 1.29 is 19.0 Å². The van der Waals surface area contributed by atoms with Crippen LogP contribution in [0, 0.1) is 5.82 Å². The lowest BCUT2D eigenvalue weighted by molar-refractivity contribution is 0.0697. The van der Waals surface area contributed by atoms with E-state index in [0.717, 1.165) is 29.5 Å². The minimum atomic E-state index is -0.983. The highest BCUT2D eigenvalue weighted by atomic mass is 19.1. The van der Waals surface area contributed by atoms with Crippen molar-refractivity contribution >= 4 is 11.5 Å². The van der Waals surface area contributed by atoms with Crippen LogP contribution < -0.4 is 4.74 Å². The van der Waals surface area contributed by atoms with Crippen molar-refractivity contribution in [3.63, 3.8) is 0 Å². The summed E-state index contributed by atoms with van der Waals surface area (Å²) in [4.78, 5) is 11.2. The van der Waals surface area contributed by atoms with Crippen molar-refractivity contribution in [3.05, 3.63) is 70.5 Å². The lowest BCUT2D eigenvalue weighted by Crippen LogP contribution is -2.06. The first-order chi connectivity index (χ1) is 10.6. The normalized spacial score (nSPS) is 13.3. The first kappa shape index (κ1) is 14.3. The zero-order valence-electron chi connectivity index (χ0n) is 12.1. The largest absolute Gasteiger partial charge is 0.497 e. The standard InChI is InChI=1S/C18H15FO3/c1-22-13-7-8-15(17(19)10-13)14-4-2-3-11-5-6-12(18(20)21)9-16(11)14/h4-10H,2-3H2,1H3,(H,20,21). The van der Waals surface area contributed by atoms with Gasteiger partial charge in [-0.2, -0.15) is 0 Å². The lowest BCUT2D eigenvalue weighted by atomic mass is 9.85. The van der Waals surface area contributed by atoms with E-state index in [2.05, 4.69) is 0 Å². The van der Waals surface area contributed by atoms with E-state index in [-0.39, 0.29) is 11.4 Å². The lowest BCUT2D eigenvalue weighted by Gasteiger charge is -2.19. The Morgan fingerprint density at radius 1 is 1.18 bits per heavy atom. The fourth-order valence-corrected chi connectivity index (χ4v) is 2.76. The summed E-state index contributed by atoms with van der Waals surface area (Å²) in [6, 6.07) is 9.73. The van der Waals surface area contributed by atoms with Gasteiger partial charge in [-0.05, 0) is 53.8 Å². The Morgan fingerprint density at radius 2 is 2.00 bits per heavy atom. The molecular weight excluding hydrogens is 283 g/mol. The van der Waals surface area contributed by atoms with E-state index in [1.54, 1.807) is 24.3 Å². The topological polar surface area (TPSA) is 46.5 Å². The number of carboxylic acids is 1. The second-order valence-electron chi connectivity index (χ2n) is 5.18. The summed E-state index contributed by atoms with van der Waals surface area (Å²) < 4.78 is 19.4. The molecule has 3 nitrogen and oxygen atoms in total. The number of carbonyl (C=O) groups is 1. The Kier molecular flexibility index (Phi) is 3.67. The quantitative estimate of drug-likeness (QED) is 0.934. The first-order valence-electron chi connectivity index (χ1n) is 7.01. The minimum absolute atomic E-state index is 0.209. The molecule has 3 rings (SSSR count). The van der Waals surface area contributed by atoms with Gasteiger partial charge in [0.2, 0.25) is 0 Å². The molecular formula is C18H15FO3. The smallest absolute Gasteiger partial charge is 0.335 e. The molecule has 4 heteroatoms. The summed E-state index contributed by atoms with van der Waals surface area (Å²) in [5.41, 5.74) is 3.24. The number of aromatic carboxylic acids is 1. The zero-order valence-corrected chi connectivity index (χ0v) is 12.1. The Labute approximate surface area is 127 Å². The number of hydrogen-bond donors (Lipinski definition) is 1. The number of fused-ring (bicyclic) bond motifs is 1. The van der Waals surface area contributed by atoms with Gasteiger partial charge in [-0.25, -0.2) is 9.18 Å². The van der Waals surface area contributed by atoms with E-state index in [1.165, 1.54) is 13.2 Å². The molecule has 0 aromatic heterocycles. The number of hydrogen-bond acceptors (Lipinski definition) is 2. The van der Waals surface area contributed by atoms with Gasteiger partial charge in [0.15, 0.2) is 0 Å². The van der Waals surface area contributed by atoms with Crippen LogP contribution in [-0.2, 0) is 6.42 Å². The Morgan fingerprint density at radius 3 is 2.68 bits per heavy atom. The van der Waals surface area contributed by atoms with Gasteiger partial charge in [0.25, 0.3) is 0 Å². The van der Waals surface area contributed by atoms with E-state index in [0.29, 0.717) is 11.3 Å². The molecule has 0 amide bonds. The maximum Gasteiger partial charge on any atom is 0.335 e. The molecule has 0 radical (unpaired) electrons. The summed E-state index contributed by atoms with van der Waals surface area (Å²) >= 11 is 0. The summed E-state index contributed by atoms with van der Waals surface area (Å²) in [5.74, 6) is -0.903. The van der Waals surface area contributed by atoms with Gasteiger partial charge in [0.1, 0.15) is 11.6 Å². The number of carboxylic acid groups (broad SMARTS) is 1. The Balaban J connectivity index is 2.12. The minimum Gasteiger partial charge on any atom is -0.497 e. The van der Waals surface area contributed by atoms with Crippen LogP contribution in [0.4, 0.5) is 4.39 Å². The number of ether oxygens (including phenoxy) is 1. The second-order valence-corrected chi connectivity index (χ2v) is 5.18. The Hall–Kier alpha value is -2.62. The van der Waals surface area contributed by atoms with Gasteiger partial charge < -0.3 is 9.84 Å². The molecule has 2 aromatic rings. The molecule has 1 aliphatic rings. The van der Waals surface area contributed by atoms with E-state index in [1.807, 2.05) is 12.1 Å². The molecule has 0 spiro atoms. The van der Waals surface area contributed by atoms with E-state index < -0.39 is 5.97 Å². The van der Waals surface area contributed by atoms with Crippen LogP contribution in [0.5, 0.6) is 5.75 Å². The molecule has 22 heavy (non-hydrogen) atoms. The summed E-state index contributed by atoms with van der Waals surface area (Å²) in [5, 5.41) is 9.16. The number of allylic oxidation sites excluding steroid dienone is 1. The van der Waals surface area contributed by atoms with Gasteiger partial charge >= 0.3 is 5.97 Å². The van der Waals surface area contributed by atoms with E-state index in [9.17, 15) is 9.18 Å². The molecule has 0 aliphatic heterocycles. The van der Waals surface area contributed by atoms with Gasteiger partial charge in [-0.3, -0.25) is 0 Å². The predicted molar refractivity (Wildman–Crippen MR) is 81.8 cm³/mol. The predicted octanol–water partition coefficient (Wildman–Crippen LogP) is 3.91. The van der Waals surface area contributed by atoms with Crippen molar-refractivity contribution in [2.45, 2.75) is 12.8 Å². The van der Waals surface area contributed by atoms with E-state index in [4.69, 9.17) is 9.84 Å². The zero-order chi connectivity index (χ0) is 15.7. The Bertz CT molecular complexity index is 778. The van der Waals surface area contributed by atoms with Crippen molar-refractivity contribution in [2.24, 2.45) is 0 Å². The molecule has 2 aromatic carbocycles. The fourth-order valence-electron chi connectivity index (χ4n) is 2.76. The maximum atomic E-state index is 14.3. The first-order valence-corrected chi connectivity index (χ1v) is 7.01. The van der Waals surface area contributed by atoms with Crippen LogP contribution in [0.2, 0.25) is 0 Å². The molecule has 0 saturated carbocycles. The molecule has 0 saturated heterocycles. The molecule has 1 N–H and O–H groups in total. The highest BCUT2D eigenvalue weighted by Gasteiger charge is 2.19. The fraction of sp³-hybridized carbons (Fsp3) is 0.167. The average Bonchev–Trinajstić information content (AvgIpc) is 2.53. The van der Waals surface area contributed by atoms with Crippen LogP contribution in [-0.4, -0.2) is 18.2 Å². The van der Waals surface area contributed by atoms with Crippen LogP contribution in [0.3, 0.4) is 0 Å². The summed E-state index contributed by atoms with van der Waals surface area (Å²) in [6.07, 6.45) is 3.59. The number of aryl methyl sites for hydroxylation is 1. The van der Waals surface area contributed by atoms with E-state index >= 15 is 0 Å². The maximum absolute atomic E-state index is 14.3. The van der Waals surface area contributed by atoms with Crippen LogP contribution in [0.1, 0.15) is 33.5 Å².